The fourth-order valence-corrected chi connectivity index (χ4v) is 7.30. The smallest absolute Gasteiger partial charge is 0.306 e. The lowest BCUT2D eigenvalue weighted by molar-refractivity contribution is -0.167. The molecule has 6 nitrogen and oxygen atoms in total. The first kappa shape index (κ1) is 53.4. The molecule has 0 spiro atoms. The number of hydrogen-bond donors (Lipinski definition) is 0. The minimum atomic E-state index is -0.760. The van der Waals surface area contributed by atoms with Crippen LogP contribution in [0.5, 0.6) is 0 Å². The highest BCUT2D eigenvalue weighted by Crippen LogP contribution is 2.17. The van der Waals surface area contributed by atoms with Crippen LogP contribution in [0.4, 0.5) is 0 Å². The van der Waals surface area contributed by atoms with E-state index in [-0.39, 0.29) is 31.1 Å². The van der Waals surface area contributed by atoms with Crippen molar-refractivity contribution in [3.05, 3.63) is 0 Å². The highest BCUT2D eigenvalue weighted by atomic mass is 16.6. The number of rotatable bonds is 44. The van der Waals surface area contributed by atoms with Crippen LogP contribution in [0.15, 0.2) is 0 Å². The Morgan fingerprint density at radius 2 is 0.636 bits per heavy atom. The van der Waals surface area contributed by atoms with Gasteiger partial charge in [-0.2, -0.15) is 0 Å². The molecule has 0 saturated carbocycles. The van der Waals surface area contributed by atoms with Crippen molar-refractivity contribution in [2.45, 2.75) is 278 Å². The first-order valence-corrected chi connectivity index (χ1v) is 24.4. The highest BCUT2D eigenvalue weighted by Gasteiger charge is 2.19. The van der Waals surface area contributed by atoms with E-state index in [9.17, 15) is 14.4 Å². The molecular formula is C49H94O6. The molecule has 0 aliphatic carbocycles. The Morgan fingerprint density at radius 3 is 0.945 bits per heavy atom. The zero-order valence-corrected chi connectivity index (χ0v) is 37.4. The molecule has 0 heterocycles. The molecule has 0 saturated heterocycles. The summed E-state index contributed by atoms with van der Waals surface area (Å²) in [6.45, 7) is 8.98. The average molecular weight is 779 g/mol. The third-order valence-corrected chi connectivity index (χ3v) is 11.4. The molecule has 0 amide bonds. The van der Waals surface area contributed by atoms with Gasteiger partial charge in [-0.15, -0.1) is 0 Å². The van der Waals surface area contributed by atoms with Crippen LogP contribution >= 0.6 is 0 Å². The van der Waals surface area contributed by atoms with Gasteiger partial charge in [0, 0.05) is 19.3 Å². The lowest BCUT2D eigenvalue weighted by Gasteiger charge is -2.18. The molecule has 0 aliphatic heterocycles. The van der Waals surface area contributed by atoms with E-state index in [1.165, 1.54) is 167 Å². The van der Waals surface area contributed by atoms with Gasteiger partial charge in [0.05, 0.1) is 0 Å². The molecule has 0 radical (unpaired) electrons. The van der Waals surface area contributed by atoms with Gasteiger partial charge in [-0.1, -0.05) is 233 Å². The number of hydrogen-bond acceptors (Lipinski definition) is 6. The lowest BCUT2D eigenvalue weighted by Crippen LogP contribution is -2.30. The molecule has 0 rings (SSSR count). The van der Waals surface area contributed by atoms with E-state index in [2.05, 4.69) is 27.7 Å². The topological polar surface area (TPSA) is 78.9 Å². The third kappa shape index (κ3) is 41.9. The van der Waals surface area contributed by atoms with Gasteiger partial charge in [0.1, 0.15) is 13.2 Å². The van der Waals surface area contributed by atoms with Gasteiger partial charge in [-0.05, 0) is 25.2 Å². The molecule has 0 fully saturated rings. The maximum absolute atomic E-state index is 12.7. The van der Waals surface area contributed by atoms with Crippen molar-refractivity contribution in [2.24, 2.45) is 5.92 Å². The van der Waals surface area contributed by atoms with Gasteiger partial charge in [0.15, 0.2) is 6.10 Å². The number of carbonyl (C=O) groups excluding carboxylic acids is 3. The number of esters is 3. The van der Waals surface area contributed by atoms with Crippen LogP contribution in [-0.2, 0) is 28.6 Å². The van der Waals surface area contributed by atoms with Crippen molar-refractivity contribution < 1.29 is 28.6 Å². The second-order valence-corrected chi connectivity index (χ2v) is 17.0. The predicted octanol–water partition coefficient (Wildman–Crippen LogP) is 15.5. The Hall–Kier alpha value is -1.59. The van der Waals surface area contributed by atoms with Crippen LogP contribution in [-0.4, -0.2) is 37.2 Å². The second-order valence-electron chi connectivity index (χ2n) is 17.0. The largest absolute Gasteiger partial charge is 0.462 e. The molecule has 55 heavy (non-hydrogen) atoms. The van der Waals surface area contributed by atoms with E-state index in [4.69, 9.17) is 14.2 Å². The number of ether oxygens (including phenoxy) is 3. The fraction of sp³-hybridized carbons (Fsp3) is 0.939. The standard InChI is InChI=1S/C49H94O6/c1-5-8-10-12-14-16-18-20-21-22-24-26-28-33-37-41-48(51)54-44-46(55-49(52)42-38-34-30-29-31-35-39-45(4)7-3)43-53-47(50)40-36-32-27-25-23-19-17-15-13-11-9-6-2/h45-46H,5-44H2,1-4H3/t45?,46-/m0/s1. The van der Waals surface area contributed by atoms with Crippen molar-refractivity contribution in [1.82, 2.24) is 0 Å². The molecule has 0 aromatic heterocycles. The van der Waals surface area contributed by atoms with E-state index < -0.39 is 6.10 Å². The monoisotopic (exact) mass is 779 g/mol. The van der Waals surface area contributed by atoms with Crippen molar-refractivity contribution in [3.63, 3.8) is 0 Å². The quantitative estimate of drug-likeness (QED) is 0.0348. The molecule has 0 bridgehead atoms. The van der Waals surface area contributed by atoms with Crippen LogP contribution in [0, 0.1) is 5.92 Å². The predicted molar refractivity (Wildman–Crippen MR) is 233 cm³/mol. The van der Waals surface area contributed by atoms with Gasteiger partial charge in [0.2, 0.25) is 0 Å². The molecule has 0 aromatic carbocycles. The lowest BCUT2D eigenvalue weighted by atomic mass is 10.00. The van der Waals surface area contributed by atoms with Gasteiger partial charge >= 0.3 is 17.9 Å². The number of unbranched alkanes of at least 4 members (excludes halogenated alkanes) is 30. The molecule has 1 unspecified atom stereocenters. The zero-order chi connectivity index (χ0) is 40.3. The van der Waals surface area contributed by atoms with Crippen LogP contribution in [0.2, 0.25) is 0 Å². The van der Waals surface area contributed by atoms with Gasteiger partial charge in [0.25, 0.3) is 0 Å². The summed E-state index contributed by atoms with van der Waals surface area (Å²) in [5, 5.41) is 0. The summed E-state index contributed by atoms with van der Waals surface area (Å²) in [7, 11) is 0. The first-order valence-electron chi connectivity index (χ1n) is 24.4. The Kier molecular flexibility index (Phi) is 42.3. The SMILES string of the molecule is CCCCCCCCCCCCCCCCCC(=O)OC[C@H](COC(=O)CCCCCCCCCCCCCC)OC(=O)CCCCCCCCC(C)CC. The minimum absolute atomic E-state index is 0.0641. The summed E-state index contributed by atoms with van der Waals surface area (Å²) in [4.78, 5) is 37.8. The summed E-state index contributed by atoms with van der Waals surface area (Å²) in [6.07, 6.45) is 43.7. The van der Waals surface area contributed by atoms with E-state index in [0.717, 1.165) is 63.7 Å². The molecular weight excluding hydrogens is 685 g/mol. The Balaban J connectivity index is 4.29. The Bertz CT molecular complexity index is 828. The molecule has 0 N–H and O–H groups in total. The van der Waals surface area contributed by atoms with Gasteiger partial charge < -0.3 is 14.2 Å². The molecule has 0 aliphatic rings. The summed E-state index contributed by atoms with van der Waals surface area (Å²) in [5.74, 6) is -0.0423. The Labute approximate surface area is 342 Å². The molecule has 2 atom stereocenters. The maximum atomic E-state index is 12.7. The maximum Gasteiger partial charge on any atom is 0.306 e. The van der Waals surface area contributed by atoms with Crippen molar-refractivity contribution in [3.8, 4) is 0 Å². The average Bonchev–Trinajstić information content (AvgIpc) is 3.18. The van der Waals surface area contributed by atoms with Crippen molar-refractivity contribution >= 4 is 17.9 Å². The van der Waals surface area contributed by atoms with Crippen LogP contribution < -0.4 is 0 Å². The van der Waals surface area contributed by atoms with Crippen molar-refractivity contribution in [1.29, 1.82) is 0 Å². The fourth-order valence-electron chi connectivity index (χ4n) is 7.30. The van der Waals surface area contributed by atoms with E-state index in [1.807, 2.05) is 0 Å². The van der Waals surface area contributed by atoms with Crippen molar-refractivity contribution in [2.75, 3.05) is 13.2 Å². The molecule has 6 heteroatoms. The van der Waals surface area contributed by atoms with E-state index in [0.29, 0.717) is 19.3 Å². The third-order valence-electron chi connectivity index (χ3n) is 11.4. The van der Waals surface area contributed by atoms with Crippen LogP contribution in [0.1, 0.15) is 272 Å². The summed E-state index contributed by atoms with van der Waals surface area (Å²) < 4.78 is 16.7. The molecule has 0 aromatic rings. The van der Waals surface area contributed by atoms with Crippen LogP contribution in [0.3, 0.4) is 0 Å². The molecule has 326 valence electrons. The number of carbonyl (C=O) groups is 3. The normalized spacial score (nSPS) is 12.4. The van der Waals surface area contributed by atoms with Gasteiger partial charge in [-0.25, -0.2) is 0 Å². The highest BCUT2D eigenvalue weighted by molar-refractivity contribution is 5.71. The summed E-state index contributed by atoms with van der Waals surface area (Å²) in [5.41, 5.74) is 0. The Morgan fingerprint density at radius 1 is 0.364 bits per heavy atom. The second kappa shape index (κ2) is 43.5. The van der Waals surface area contributed by atoms with E-state index in [1.54, 1.807) is 0 Å². The zero-order valence-electron chi connectivity index (χ0n) is 37.4. The van der Waals surface area contributed by atoms with E-state index >= 15 is 0 Å². The summed E-state index contributed by atoms with van der Waals surface area (Å²) >= 11 is 0. The van der Waals surface area contributed by atoms with Gasteiger partial charge in [-0.3, -0.25) is 14.4 Å². The first-order chi connectivity index (χ1) is 26.9. The van der Waals surface area contributed by atoms with Crippen LogP contribution in [0.25, 0.3) is 0 Å². The minimum Gasteiger partial charge on any atom is -0.462 e. The summed E-state index contributed by atoms with van der Waals surface area (Å²) in [6, 6.07) is 0.